The number of nitrogens with zero attached hydrogens (tertiary/aromatic N) is 3. The number of rotatable bonds is 5. The molecule has 2 aromatic rings. The number of anilines is 1. The van der Waals surface area contributed by atoms with Crippen LogP contribution >= 0.6 is 22.9 Å². The van der Waals surface area contributed by atoms with E-state index in [4.69, 9.17) is 16.3 Å². The number of hydrogen-bond acceptors (Lipinski definition) is 6. The van der Waals surface area contributed by atoms with Gasteiger partial charge < -0.3 is 10.1 Å². The lowest BCUT2D eigenvalue weighted by molar-refractivity contribution is 0.412. The van der Waals surface area contributed by atoms with Gasteiger partial charge in [-0.15, -0.1) is 11.3 Å². The van der Waals surface area contributed by atoms with Gasteiger partial charge in [0, 0.05) is 11.6 Å². The second-order valence-corrected chi connectivity index (χ2v) is 4.81. The van der Waals surface area contributed by atoms with E-state index < -0.39 is 0 Å². The van der Waals surface area contributed by atoms with Crippen molar-refractivity contribution in [1.29, 1.82) is 0 Å². The third kappa shape index (κ3) is 2.70. The summed E-state index contributed by atoms with van der Waals surface area (Å²) in [7, 11) is 1.54. The van der Waals surface area contributed by atoms with Crippen LogP contribution in [0.5, 0.6) is 5.75 Å². The highest BCUT2D eigenvalue weighted by Crippen LogP contribution is 2.32. The zero-order chi connectivity index (χ0) is 13.0. The zero-order valence-corrected chi connectivity index (χ0v) is 11.6. The normalized spacial score (nSPS) is 12.2. The second-order valence-electron chi connectivity index (χ2n) is 3.52. The van der Waals surface area contributed by atoms with Gasteiger partial charge >= 0.3 is 0 Å². The summed E-state index contributed by atoms with van der Waals surface area (Å²) in [5.74, 6) is 1.04. The Labute approximate surface area is 114 Å². The molecule has 1 unspecified atom stereocenters. The number of methoxy groups -OCH3 is 1. The smallest absolute Gasteiger partial charge is 0.198 e. The van der Waals surface area contributed by atoms with Crippen molar-refractivity contribution < 1.29 is 4.74 Å². The van der Waals surface area contributed by atoms with Gasteiger partial charge in [-0.2, -0.15) is 0 Å². The summed E-state index contributed by atoms with van der Waals surface area (Å²) in [5.41, 5.74) is 0. The first-order chi connectivity index (χ1) is 8.76. The largest absolute Gasteiger partial charge is 0.490 e. The van der Waals surface area contributed by atoms with E-state index in [1.165, 1.54) is 6.33 Å². The maximum atomic E-state index is 5.95. The Morgan fingerprint density at radius 1 is 1.44 bits per heavy atom. The highest BCUT2D eigenvalue weighted by molar-refractivity contribution is 7.09. The Balaban J connectivity index is 2.25. The summed E-state index contributed by atoms with van der Waals surface area (Å²) in [6, 6.07) is 0.0878. The molecule has 1 N–H and O–H groups in total. The first-order valence-corrected chi connectivity index (χ1v) is 6.72. The van der Waals surface area contributed by atoms with Gasteiger partial charge in [0.2, 0.25) is 0 Å². The van der Waals surface area contributed by atoms with E-state index in [9.17, 15) is 0 Å². The molecule has 96 valence electrons. The van der Waals surface area contributed by atoms with E-state index in [1.807, 2.05) is 5.38 Å². The maximum absolute atomic E-state index is 5.95. The molecule has 18 heavy (non-hydrogen) atoms. The number of nitrogens with one attached hydrogen (secondary N) is 1. The number of aromatic nitrogens is 3. The molecular weight excluding hydrogens is 272 g/mol. The minimum Gasteiger partial charge on any atom is -0.490 e. The molecule has 0 aliphatic rings. The lowest BCUT2D eigenvalue weighted by Gasteiger charge is -2.17. The number of ether oxygens (including phenoxy) is 1. The van der Waals surface area contributed by atoms with E-state index in [0.717, 1.165) is 11.4 Å². The first-order valence-electron chi connectivity index (χ1n) is 5.46. The molecule has 5 nitrogen and oxygen atoms in total. The van der Waals surface area contributed by atoms with Crippen molar-refractivity contribution in [3.63, 3.8) is 0 Å². The lowest BCUT2D eigenvalue weighted by atomic mass is 10.2. The van der Waals surface area contributed by atoms with Crippen molar-refractivity contribution in [2.45, 2.75) is 19.4 Å². The van der Waals surface area contributed by atoms with Crippen LogP contribution in [0.3, 0.4) is 0 Å². The summed E-state index contributed by atoms with van der Waals surface area (Å²) in [6.07, 6.45) is 4.08. The van der Waals surface area contributed by atoms with Crippen LogP contribution in [-0.2, 0) is 0 Å². The topological polar surface area (TPSA) is 59.9 Å². The molecule has 0 saturated carbocycles. The first kappa shape index (κ1) is 13.0. The van der Waals surface area contributed by atoms with Crippen molar-refractivity contribution in [1.82, 2.24) is 15.0 Å². The lowest BCUT2D eigenvalue weighted by Crippen LogP contribution is -2.11. The molecule has 0 amide bonds. The molecule has 2 heterocycles. The van der Waals surface area contributed by atoms with Crippen LogP contribution in [0, 0.1) is 0 Å². The fraction of sp³-hybridized carbons (Fsp3) is 0.364. The van der Waals surface area contributed by atoms with Gasteiger partial charge in [-0.3, -0.25) is 0 Å². The minimum atomic E-state index is 0.0878. The molecule has 1 atom stereocenters. The molecule has 0 fully saturated rings. The van der Waals surface area contributed by atoms with Gasteiger partial charge in [0.15, 0.2) is 16.7 Å². The summed E-state index contributed by atoms with van der Waals surface area (Å²) in [6.45, 7) is 2.08. The summed E-state index contributed by atoms with van der Waals surface area (Å²) < 4.78 is 5.20. The maximum Gasteiger partial charge on any atom is 0.198 e. The average molecular weight is 285 g/mol. The average Bonchev–Trinajstić information content (AvgIpc) is 2.89. The van der Waals surface area contributed by atoms with Crippen LogP contribution in [0.1, 0.15) is 24.4 Å². The standard InChI is InChI=1S/C11H13ClN4OS/c1-3-7(11-13-4-5-18-11)16-10-8(17-2)9(12)14-6-15-10/h4-7H,3H2,1-2H3,(H,14,15,16). The van der Waals surface area contributed by atoms with Crippen LogP contribution in [0.2, 0.25) is 5.15 Å². The van der Waals surface area contributed by atoms with Crippen molar-refractivity contribution in [2.75, 3.05) is 12.4 Å². The van der Waals surface area contributed by atoms with Crippen molar-refractivity contribution in [2.24, 2.45) is 0 Å². The highest BCUT2D eigenvalue weighted by atomic mass is 35.5. The molecule has 0 aliphatic carbocycles. The van der Waals surface area contributed by atoms with Crippen molar-refractivity contribution in [3.8, 4) is 5.75 Å². The summed E-state index contributed by atoms with van der Waals surface area (Å²) in [4.78, 5) is 12.3. The van der Waals surface area contributed by atoms with Gasteiger partial charge in [0.1, 0.15) is 11.3 Å². The predicted octanol–water partition coefficient (Wildman–Crippen LogP) is 3.16. The van der Waals surface area contributed by atoms with Gasteiger partial charge in [0.25, 0.3) is 0 Å². The van der Waals surface area contributed by atoms with Crippen LogP contribution in [-0.4, -0.2) is 22.1 Å². The number of hydrogen-bond donors (Lipinski definition) is 1. The molecule has 7 heteroatoms. The van der Waals surface area contributed by atoms with Gasteiger partial charge in [-0.1, -0.05) is 18.5 Å². The molecule has 0 aromatic carbocycles. The fourth-order valence-electron chi connectivity index (χ4n) is 1.55. The number of thiazole rings is 1. The van der Waals surface area contributed by atoms with Gasteiger partial charge in [0.05, 0.1) is 13.2 Å². The van der Waals surface area contributed by atoms with Crippen molar-refractivity contribution in [3.05, 3.63) is 28.1 Å². The Hall–Kier alpha value is -1.40. The monoisotopic (exact) mass is 284 g/mol. The van der Waals surface area contributed by atoms with Gasteiger partial charge in [-0.05, 0) is 6.42 Å². The highest BCUT2D eigenvalue weighted by Gasteiger charge is 2.17. The SMILES string of the molecule is CCC(Nc1ncnc(Cl)c1OC)c1nccs1. The zero-order valence-electron chi connectivity index (χ0n) is 10.1. The predicted molar refractivity (Wildman–Crippen MR) is 72.4 cm³/mol. The van der Waals surface area contributed by atoms with Crippen molar-refractivity contribution >= 4 is 28.8 Å². The Bertz CT molecular complexity index is 506. The fourth-order valence-corrected chi connectivity index (χ4v) is 2.53. The molecular formula is C11H13ClN4OS. The minimum absolute atomic E-state index is 0.0878. The molecule has 0 saturated heterocycles. The third-order valence-electron chi connectivity index (χ3n) is 2.43. The molecule has 0 radical (unpaired) electrons. The van der Waals surface area contributed by atoms with E-state index in [1.54, 1.807) is 24.6 Å². The Kier molecular flexibility index (Phi) is 4.33. The molecule has 0 spiro atoms. The van der Waals surface area contributed by atoms with Crippen LogP contribution in [0.4, 0.5) is 5.82 Å². The molecule has 2 aromatic heterocycles. The summed E-state index contributed by atoms with van der Waals surface area (Å²) in [5, 5.41) is 6.53. The van der Waals surface area contributed by atoms with Crippen LogP contribution < -0.4 is 10.1 Å². The van der Waals surface area contributed by atoms with E-state index >= 15 is 0 Å². The van der Waals surface area contributed by atoms with E-state index in [0.29, 0.717) is 16.7 Å². The van der Waals surface area contributed by atoms with Crippen LogP contribution in [0.25, 0.3) is 0 Å². The molecule has 2 rings (SSSR count). The summed E-state index contributed by atoms with van der Waals surface area (Å²) >= 11 is 7.55. The number of halogens is 1. The third-order valence-corrected chi connectivity index (χ3v) is 3.59. The van der Waals surface area contributed by atoms with E-state index in [2.05, 4.69) is 27.2 Å². The Morgan fingerprint density at radius 2 is 2.28 bits per heavy atom. The molecule has 0 aliphatic heterocycles. The van der Waals surface area contributed by atoms with Crippen LogP contribution in [0.15, 0.2) is 17.9 Å². The quantitative estimate of drug-likeness (QED) is 0.855. The molecule has 0 bridgehead atoms. The van der Waals surface area contributed by atoms with Gasteiger partial charge in [-0.25, -0.2) is 15.0 Å². The van der Waals surface area contributed by atoms with E-state index in [-0.39, 0.29) is 6.04 Å². The second kappa shape index (κ2) is 5.97. The Morgan fingerprint density at radius 3 is 2.89 bits per heavy atom.